The van der Waals surface area contributed by atoms with Crippen LogP contribution in [0.2, 0.25) is 0 Å². The maximum atomic E-state index is 10.5. The largest absolute Gasteiger partial charge is 0.306 e. The highest BCUT2D eigenvalue weighted by Gasteiger charge is 2.08. The maximum Gasteiger partial charge on any atom is 0.153 e. The molecular formula is C9H20O2S. The molecule has 0 aliphatic carbocycles. The smallest absolute Gasteiger partial charge is 0.153 e. The first kappa shape index (κ1) is 12.1. The van der Waals surface area contributed by atoms with Crippen molar-refractivity contribution >= 4 is 11.1 Å². The van der Waals surface area contributed by atoms with E-state index >= 15 is 0 Å². The molecule has 2 unspecified atom stereocenters. The van der Waals surface area contributed by atoms with Crippen molar-refractivity contribution in [2.45, 2.75) is 46.0 Å². The van der Waals surface area contributed by atoms with E-state index in [2.05, 4.69) is 13.8 Å². The Kier molecular flexibility index (Phi) is 7.81. The highest BCUT2D eigenvalue weighted by molar-refractivity contribution is 7.79. The first-order chi connectivity index (χ1) is 5.70. The van der Waals surface area contributed by atoms with E-state index < -0.39 is 11.1 Å². The van der Waals surface area contributed by atoms with E-state index in [1.165, 1.54) is 19.3 Å². The van der Waals surface area contributed by atoms with E-state index in [-0.39, 0.29) is 0 Å². The molecule has 12 heavy (non-hydrogen) atoms. The molecule has 0 radical (unpaired) electrons. The molecule has 2 nitrogen and oxygen atoms in total. The van der Waals surface area contributed by atoms with E-state index in [0.29, 0.717) is 11.7 Å². The molecule has 0 fully saturated rings. The lowest BCUT2D eigenvalue weighted by Gasteiger charge is -2.11. The Bertz CT molecular complexity index is 126. The molecule has 0 rings (SSSR count). The Hall–Kier alpha value is 0.110. The fourth-order valence-electron chi connectivity index (χ4n) is 1.29. The zero-order valence-corrected chi connectivity index (χ0v) is 8.90. The predicted octanol–water partition coefficient (Wildman–Crippen LogP) is 2.81. The summed E-state index contributed by atoms with van der Waals surface area (Å²) < 4.78 is 19.2. The summed E-state index contributed by atoms with van der Waals surface area (Å²) in [5.41, 5.74) is 0. The van der Waals surface area contributed by atoms with Gasteiger partial charge in [0.25, 0.3) is 0 Å². The molecule has 0 spiro atoms. The minimum atomic E-state index is -1.60. The summed E-state index contributed by atoms with van der Waals surface area (Å²) in [6.45, 7) is 4.26. The normalized spacial score (nSPS) is 15.9. The second kappa shape index (κ2) is 7.74. The third-order valence-corrected chi connectivity index (χ3v) is 2.93. The van der Waals surface area contributed by atoms with Crippen molar-refractivity contribution in [3.8, 4) is 0 Å². The van der Waals surface area contributed by atoms with Crippen LogP contribution in [-0.4, -0.2) is 14.5 Å². The highest BCUT2D eigenvalue weighted by Crippen LogP contribution is 2.14. The van der Waals surface area contributed by atoms with Gasteiger partial charge in [-0.2, -0.15) is 0 Å². The van der Waals surface area contributed by atoms with Gasteiger partial charge in [0.2, 0.25) is 0 Å². The summed E-state index contributed by atoms with van der Waals surface area (Å²) in [6, 6.07) is 0. The van der Waals surface area contributed by atoms with Gasteiger partial charge in [0, 0.05) is 0 Å². The molecule has 0 amide bonds. The summed E-state index contributed by atoms with van der Waals surface area (Å²) in [6.07, 6.45) is 5.80. The van der Waals surface area contributed by atoms with Crippen molar-refractivity contribution in [2.24, 2.45) is 5.92 Å². The number of unbranched alkanes of at least 4 members (excludes halogenated alkanes) is 2. The number of rotatable bonds is 7. The van der Waals surface area contributed by atoms with E-state index in [1.807, 2.05) is 0 Å². The Labute approximate surface area is 78.0 Å². The maximum absolute atomic E-state index is 10.5. The van der Waals surface area contributed by atoms with Crippen LogP contribution in [0.5, 0.6) is 0 Å². The van der Waals surface area contributed by atoms with Gasteiger partial charge in [-0.1, -0.05) is 39.5 Å². The van der Waals surface area contributed by atoms with E-state index in [4.69, 9.17) is 4.55 Å². The zero-order valence-electron chi connectivity index (χ0n) is 8.08. The van der Waals surface area contributed by atoms with Gasteiger partial charge in [-0.25, -0.2) is 4.21 Å². The molecule has 3 heteroatoms. The molecule has 0 aromatic rings. The Morgan fingerprint density at radius 3 is 2.42 bits per heavy atom. The monoisotopic (exact) mass is 192 g/mol. The fraction of sp³-hybridized carbons (Fsp3) is 1.00. The summed E-state index contributed by atoms with van der Waals surface area (Å²) in [4.78, 5) is 0. The molecule has 0 saturated carbocycles. The lowest BCUT2D eigenvalue weighted by Crippen LogP contribution is -2.09. The summed E-state index contributed by atoms with van der Waals surface area (Å²) in [7, 11) is 0. The van der Waals surface area contributed by atoms with Gasteiger partial charge in [0.15, 0.2) is 11.1 Å². The quantitative estimate of drug-likeness (QED) is 0.497. The number of hydrogen-bond acceptors (Lipinski definition) is 1. The molecule has 0 aromatic carbocycles. The van der Waals surface area contributed by atoms with Gasteiger partial charge in [-0.3, -0.25) is 0 Å². The van der Waals surface area contributed by atoms with Crippen LogP contribution in [-0.2, 0) is 11.1 Å². The van der Waals surface area contributed by atoms with Gasteiger partial charge < -0.3 is 4.55 Å². The molecule has 2 atom stereocenters. The summed E-state index contributed by atoms with van der Waals surface area (Å²) in [5, 5.41) is 0. The van der Waals surface area contributed by atoms with Gasteiger partial charge in [-0.15, -0.1) is 0 Å². The molecule has 0 aromatic heterocycles. The lowest BCUT2D eigenvalue weighted by atomic mass is 10.0. The fourth-order valence-corrected chi connectivity index (χ4v) is 2.10. The van der Waals surface area contributed by atoms with Gasteiger partial charge in [0.1, 0.15) is 0 Å². The van der Waals surface area contributed by atoms with Crippen molar-refractivity contribution in [1.29, 1.82) is 0 Å². The van der Waals surface area contributed by atoms with E-state index in [1.54, 1.807) is 0 Å². The number of hydrogen-bond donors (Lipinski definition) is 1. The average Bonchev–Trinajstić information content (AvgIpc) is 2.02. The molecule has 0 heterocycles. The minimum absolute atomic E-state index is 0.447. The molecule has 0 bridgehead atoms. The Morgan fingerprint density at radius 1 is 1.33 bits per heavy atom. The molecule has 1 N–H and O–H groups in total. The first-order valence-corrected chi connectivity index (χ1v) is 6.05. The van der Waals surface area contributed by atoms with Crippen LogP contribution >= 0.6 is 0 Å². The zero-order chi connectivity index (χ0) is 9.40. The summed E-state index contributed by atoms with van der Waals surface area (Å²) in [5.74, 6) is 0.905. The molecule has 74 valence electrons. The Balaban J connectivity index is 3.46. The molecule has 0 aliphatic heterocycles. The summed E-state index contributed by atoms with van der Waals surface area (Å²) >= 11 is -1.60. The van der Waals surface area contributed by atoms with Crippen molar-refractivity contribution in [3.05, 3.63) is 0 Å². The van der Waals surface area contributed by atoms with Gasteiger partial charge >= 0.3 is 0 Å². The third kappa shape index (κ3) is 6.80. The molecule has 0 saturated heterocycles. The van der Waals surface area contributed by atoms with Crippen LogP contribution in [0.15, 0.2) is 0 Å². The predicted molar refractivity (Wildman–Crippen MR) is 53.6 cm³/mol. The standard InChI is InChI=1S/C9H20O2S/c1-3-5-6-7-9(4-2)8-12(10)11/h9H,3-8H2,1-2H3,(H,10,11). The lowest BCUT2D eigenvalue weighted by molar-refractivity contribution is 0.469. The SMILES string of the molecule is CCCCCC(CC)CS(=O)O. The van der Waals surface area contributed by atoms with Gasteiger partial charge in [-0.05, 0) is 12.3 Å². The van der Waals surface area contributed by atoms with Crippen LogP contribution in [0.4, 0.5) is 0 Å². The average molecular weight is 192 g/mol. The van der Waals surface area contributed by atoms with Crippen molar-refractivity contribution in [3.63, 3.8) is 0 Å². The van der Waals surface area contributed by atoms with Crippen molar-refractivity contribution < 1.29 is 8.76 Å². The topological polar surface area (TPSA) is 37.3 Å². The minimum Gasteiger partial charge on any atom is -0.306 e. The molecular weight excluding hydrogens is 172 g/mol. The second-order valence-corrected chi connectivity index (χ2v) is 4.23. The van der Waals surface area contributed by atoms with Crippen LogP contribution < -0.4 is 0 Å². The Morgan fingerprint density at radius 2 is 2.00 bits per heavy atom. The van der Waals surface area contributed by atoms with Crippen molar-refractivity contribution in [2.75, 3.05) is 5.75 Å². The van der Waals surface area contributed by atoms with E-state index in [0.717, 1.165) is 12.8 Å². The van der Waals surface area contributed by atoms with E-state index in [9.17, 15) is 4.21 Å². The highest BCUT2D eigenvalue weighted by atomic mass is 32.2. The van der Waals surface area contributed by atoms with Crippen LogP contribution in [0.3, 0.4) is 0 Å². The van der Waals surface area contributed by atoms with Crippen LogP contribution in [0, 0.1) is 5.92 Å². The second-order valence-electron chi connectivity index (χ2n) is 3.26. The molecule has 0 aliphatic rings. The van der Waals surface area contributed by atoms with Crippen LogP contribution in [0.1, 0.15) is 46.0 Å². The third-order valence-electron chi connectivity index (χ3n) is 2.17. The van der Waals surface area contributed by atoms with Crippen LogP contribution in [0.25, 0.3) is 0 Å². The van der Waals surface area contributed by atoms with Gasteiger partial charge in [0.05, 0.1) is 5.75 Å². The van der Waals surface area contributed by atoms with Crippen molar-refractivity contribution in [1.82, 2.24) is 0 Å². The first-order valence-electron chi connectivity index (χ1n) is 4.78.